The highest BCUT2D eigenvalue weighted by atomic mass is 16.3. The molecule has 0 atom stereocenters. The van der Waals surface area contributed by atoms with E-state index in [2.05, 4.69) is 55.4 Å². The Kier molecular flexibility index (Phi) is 4.96. The Morgan fingerprint density at radius 3 is 1.24 bits per heavy atom. The molecule has 0 amide bonds. The SMILES string of the molecule is Cc1ccc(O)c(C(C)(C)C)c1Cc1c(C)ccc(O)c1C(C)(C)C. The normalized spacial score (nSPS) is 12.5. The van der Waals surface area contributed by atoms with E-state index in [4.69, 9.17) is 0 Å². The second-order valence-electron chi connectivity index (χ2n) is 9.19. The Hall–Kier alpha value is -1.96. The van der Waals surface area contributed by atoms with Crippen molar-refractivity contribution in [3.8, 4) is 11.5 Å². The Morgan fingerprint density at radius 2 is 0.960 bits per heavy atom. The predicted octanol–water partition coefficient (Wildman–Crippen LogP) is 5.90. The van der Waals surface area contributed by atoms with Gasteiger partial charge in [-0.25, -0.2) is 0 Å². The van der Waals surface area contributed by atoms with Crippen molar-refractivity contribution < 1.29 is 10.2 Å². The van der Waals surface area contributed by atoms with Crippen molar-refractivity contribution >= 4 is 0 Å². The lowest BCUT2D eigenvalue weighted by atomic mass is 9.76. The van der Waals surface area contributed by atoms with Gasteiger partial charge in [0.25, 0.3) is 0 Å². The highest BCUT2D eigenvalue weighted by molar-refractivity contribution is 5.54. The number of phenolic OH excluding ortho intramolecular Hbond substituents is 2. The average molecular weight is 341 g/mol. The van der Waals surface area contributed by atoms with Crippen LogP contribution < -0.4 is 0 Å². The summed E-state index contributed by atoms with van der Waals surface area (Å²) < 4.78 is 0. The fourth-order valence-electron chi connectivity index (χ4n) is 3.79. The lowest BCUT2D eigenvalue weighted by Gasteiger charge is -2.29. The summed E-state index contributed by atoms with van der Waals surface area (Å²) in [5.74, 6) is 0.700. The molecule has 0 aliphatic carbocycles. The number of aromatic hydroxyl groups is 2. The van der Waals surface area contributed by atoms with Gasteiger partial charge in [0.1, 0.15) is 11.5 Å². The zero-order valence-electron chi connectivity index (χ0n) is 16.9. The largest absolute Gasteiger partial charge is 0.508 e. The van der Waals surface area contributed by atoms with Gasteiger partial charge in [-0.2, -0.15) is 0 Å². The summed E-state index contributed by atoms with van der Waals surface area (Å²) in [6, 6.07) is 7.54. The summed E-state index contributed by atoms with van der Waals surface area (Å²) in [6.07, 6.45) is 0.708. The molecule has 0 aliphatic rings. The maximum Gasteiger partial charge on any atom is 0.119 e. The van der Waals surface area contributed by atoms with E-state index in [9.17, 15) is 10.2 Å². The summed E-state index contributed by atoms with van der Waals surface area (Å²) in [4.78, 5) is 0. The van der Waals surface area contributed by atoms with Gasteiger partial charge in [-0.1, -0.05) is 53.7 Å². The second kappa shape index (κ2) is 6.40. The first-order valence-electron chi connectivity index (χ1n) is 8.98. The highest BCUT2D eigenvalue weighted by Gasteiger charge is 2.27. The van der Waals surface area contributed by atoms with Gasteiger partial charge in [-0.05, 0) is 65.5 Å². The number of aryl methyl sites for hydroxylation is 2. The van der Waals surface area contributed by atoms with Crippen molar-refractivity contribution in [3.63, 3.8) is 0 Å². The molecule has 25 heavy (non-hydrogen) atoms. The predicted molar refractivity (Wildman–Crippen MR) is 106 cm³/mol. The molecule has 0 spiro atoms. The fraction of sp³-hybridized carbons (Fsp3) is 0.478. The van der Waals surface area contributed by atoms with Crippen LogP contribution in [0.15, 0.2) is 24.3 Å². The lowest BCUT2D eigenvalue weighted by molar-refractivity contribution is 0.442. The third-order valence-corrected chi connectivity index (χ3v) is 4.90. The zero-order valence-corrected chi connectivity index (χ0v) is 16.9. The van der Waals surface area contributed by atoms with E-state index in [1.165, 1.54) is 11.1 Å². The fourth-order valence-corrected chi connectivity index (χ4v) is 3.79. The smallest absolute Gasteiger partial charge is 0.119 e. The van der Waals surface area contributed by atoms with Crippen molar-refractivity contribution in [2.24, 2.45) is 0 Å². The van der Waals surface area contributed by atoms with E-state index in [1.54, 1.807) is 12.1 Å². The summed E-state index contributed by atoms with van der Waals surface area (Å²) in [5, 5.41) is 21.1. The van der Waals surface area contributed by atoms with Gasteiger partial charge in [-0.15, -0.1) is 0 Å². The van der Waals surface area contributed by atoms with Gasteiger partial charge in [-0.3, -0.25) is 0 Å². The van der Waals surface area contributed by atoms with Crippen LogP contribution in [-0.4, -0.2) is 10.2 Å². The highest BCUT2D eigenvalue weighted by Crippen LogP contribution is 2.40. The van der Waals surface area contributed by atoms with Crippen LogP contribution in [0.25, 0.3) is 0 Å². The minimum absolute atomic E-state index is 0.155. The van der Waals surface area contributed by atoms with Gasteiger partial charge in [0.05, 0.1) is 0 Å². The summed E-state index contributed by atoms with van der Waals surface area (Å²) in [5.41, 5.74) is 6.34. The monoisotopic (exact) mass is 340 g/mol. The molecule has 136 valence electrons. The van der Waals surface area contributed by atoms with Crippen molar-refractivity contribution in [3.05, 3.63) is 57.6 Å². The van der Waals surface area contributed by atoms with Gasteiger partial charge < -0.3 is 10.2 Å². The van der Waals surface area contributed by atoms with Crippen molar-refractivity contribution in [1.29, 1.82) is 0 Å². The molecule has 2 rings (SSSR count). The Balaban J connectivity index is 2.75. The molecule has 2 heteroatoms. The molecule has 0 saturated carbocycles. The number of hydrogen-bond donors (Lipinski definition) is 2. The Morgan fingerprint density at radius 1 is 0.640 bits per heavy atom. The van der Waals surface area contributed by atoms with E-state index in [1.807, 2.05) is 12.1 Å². The van der Waals surface area contributed by atoms with Crippen LogP contribution in [0, 0.1) is 13.8 Å². The first-order valence-corrected chi connectivity index (χ1v) is 8.98. The number of hydrogen-bond acceptors (Lipinski definition) is 2. The second-order valence-corrected chi connectivity index (χ2v) is 9.19. The number of rotatable bonds is 2. The molecule has 0 fully saturated rings. The summed E-state index contributed by atoms with van der Waals surface area (Å²) in [7, 11) is 0. The molecule has 0 radical (unpaired) electrons. The van der Waals surface area contributed by atoms with E-state index in [-0.39, 0.29) is 10.8 Å². The molecule has 2 N–H and O–H groups in total. The van der Waals surface area contributed by atoms with Crippen molar-refractivity contribution in [2.45, 2.75) is 72.6 Å². The molecular formula is C23H32O2. The van der Waals surface area contributed by atoms with Gasteiger partial charge >= 0.3 is 0 Å². The van der Waals surface area contributed by atoms with Crippen molar-refractivity contribution in [2.75, 3.05) is 0 Å². The average Bonchev–Trinajstić information content (AvgIpc) is 2.43. The number of phenols is 2. The third-order valence-electron chi connectivity index (χ3n) is 4.90. The molecule has 2 aromatic carbocycles. The molecule has 0 aromatic heterocycles. The van der Waals surface area contributed by atoms with Gasteiger partial charge in [0.15, 0.2) is 0 Å². The Bertz CT molecular complexity index is 720. The summed E-state index contributed by atoms with van der Waals surface area (Å²) in [6.45, 7) is 17.0. The van der Waals surface area contributed by atoms with E-state index in [0.29, 0.717) is 17.9 Å². The molecule has 0 aliphatic heterocycles. The minimum atomic E-state index is -0.155. The van der Waals surface area contributed by atoms with Gasteiger partial charge in [0, 0.05) is 11.1 Å². The van der Waals surface area contributed by atoms with Gasteiger partial charge in [0.2, 0.25) is 0 Å². The molecule has 0 heterocycles. The van der Waals surface area contributed by atoms with E-state index >= 15 is 0 Å². The van der Waals surface area contributed by atoms with Crippen LogP contribution >= 0.6 is 0 Å². The molecule has 2 nitrogen and oxygen atoms in total. The molecule has 0 unspecified atom stereocenters. The van der Waals surface area contributed by atoms with E-state index in [0.717, 1.165) is 22.3 Å². The first-order chi connectivity index (χ1) is 11.3. The van der Waals surface area contributed by atoms with Crippen LogP contribution in [0.3, 0.4) is 0 Å². The first kappa shape index (κ1) is 19.4. The topological polar surface area (TPSA) is 40.5 Å². The molecule has 0 saturated heterocycles. The standard InChI is InChI=1S/C23H32O2/c1-14-9-11-18(24)20(22(3,4)5)16(14)13-17-15(2)10-12-19(25)21(17)23(6,7)8/h9-12,24-25H,13H2,1-8H3. The molecular weight excluding hydrogens is 308 g/mol. The Labute approximate surface area is 152 Å². The van der Waals surface area contributed by atoms with E-state index < -0.39 is 0 Å². The molecule has 0 bridgehead atoms. The minimum Gasteiger partial charge on any atom is -0.508 e. The number of benzene rings is 2. The molecule has 2 aromatic rings. The quantitative estimate of drug-likeness (QED) is 0.714. The maximum absolute atomic E-state index is 10.5. The van der Waals surface area contributed by atoms with Crippen LogP contribution in [0.2, 0.25) is 0 Å². The summed E-state index contributed by atoms with van der Waals surface area (Å²) >= 11 is 0. The van der Waals surface area contributed by atoms with Crippen LogP contribution in [0.4, 0.5) is 0 Å². The lowest BCUT2D eigenvalue weighted by Crippen LogP contribution is -2.19. The van der Waals surface area contributed by atoms with Crippen molar-refractivity contribution in [1.82, 2.24) is 0 Å². The maximum atomic E-state index is 10.5. The van der Waals surface area contributed by atoms with Crippen LogP contribution in [0.1, 0.15) is 74.9 Å². The van der Waals surface area contributed by atoms with Crippen LogP contribution in [0.5, 0.6) is 11.5 Å². The third kappa shape index (κ3) is 3.84. The van der Waals surface area contributed by atoms with Crippen LogP contribution in [-0.2, 0) is 17.3 Å². The zero-order chi connectivity index (χ0) is 19.2.